The van der Waals surface area contributed by atoms with E-state index in [0.717, 1.165) is 27.4 Å². The largest absolute Gasteiger partial charge is 0.493 e. The van der Waals surface area contributed by atoms with Crippen LogP contribution in [0.15, 0.2) is 64.0 Å². The van der Waals surface area contributed by atoms with E-state index in [0.29, 0.717) is 37.7 Å². The molecule has 0 atom stereocenters. The number of aryl methyl sites for hydroxylation is 2. The van der Waals surface area contributed by atoms with Crippen LogP contribution in [0.2, 0.25) is 0 Å². The summed E-state index contributed by atoms with van der Waals surface area (Å²) in [5.41, 5.74) is 3.88. The molecule has 0 spiro atoms. The van der Waals surface area contributed by atoms with Gasteiger partial charge >= 0.3 is 0 Å². The molecule has 190 valence electrons. The van der Waals surface area contributed by atoms with E-state index in [2.05, 4.69) is 21.2 Å². The molecule has 3 aromatic carbocycles. The number of nitrogens with one attached hydrogen (secondary N) is 1. The van der Waals surface area contributed by atoms with Crippen LogP contribution in [0.1, 0.15) is 16.7 Å². The third kappa shape index (κ3) is 6.20. The smallest absolute Gasteiger partial charge is 0.270 e. The number of amides is 2. The van der Waals surface area contributed by atoms with Gasteiger partial charge in [-0.1, -0.05) is 36.1 Å². The van der Waals surface area contributed by atoms with Gasteiger partial charge in [-0.05, 0) is 95.0 Å². The lowest BCUT2D eigenvalue weighted by molar-refractivity contribution is -0.118. The molecule has 0 unspecified atom stereocenters. The zero-order valence-corrected chi connectivity index (χ0v) is 23.4. The normalized spacial score (nSPS) is 14.3. The van der Waals surface area contributed by atoms with Crippen molar-refractivity contribution in [2.75, 3.05) is 23.9 Å². The Labute approximate surface area is 232 Å². The zero-order chi connectivity index (χ0) is 26.7. The van der Waals surface area contributed by atoms with Crippen LogP contribution < -0.4 is 19.7 Å². The SMILES string of the molecule is COc1cc(/C=C2/SC(=S)N(c3cccc(F)c3)C2=O)ccc1OCC(=O)Nc1cc(C)c(C)cc1Br. The van der Waals surface area contributed by atoms with Crippen LogP contribution in [0.5, 0.6) is 11.5 Å². The molecule has 1 aliphatic heterocycles. The molecule has 1 aliphatic rings. The molecular weight excluding hydrogens is 579 g/mol. The molecule has 1 heterocycles. The second-order valence-electron chi connectivity index (χ2n) is 8.16. The fourth-order valence-corrected chi connectivity index (χ4v) is 5.41. The van der Waals surface area contributed by atoms with Gasteiger partial charge in [-0.3, -0.25) is 14.5 Å². The number of hydrogen-bond donors (Lipinski definition) is 1. The maximum atomic E-state index is 13.7. The molecule has 10 heteroatoms. The predicted octanol–water partition coefficient (Wildman–Crippen LogP) is 6.64. The molecule has 1 N–H and O–H groups in total. The van der Waals surface area contributed by atoms with Crippen molar-refractivity contribution < 1.29 is 23.5 Å². The zero-order valence-electron chi connectivity index (χ0n) is 20.1. The molecule has 1 fully saturated rings. The molecule has 6 nitrogen and oxygen atoms in total. The molecule has 0 aliphatic carbocycles. The standard InChI is InChI=1S/C27H22BrFN2O4S2/c1-15-9-20(28)21(10-16(15)2)30-25(32)14-35-22-8-7-17(11-23(22)34-3)12-24-26(33)31(27(36)37-24)19-6-4-5-18(29)13-19/h4-13H,14H2,1-3H3,(H,30,32)/b24-12+. The third-order valence-electron chi connectivity index (χ3n) is 5.56. The van der Waals surface area contributed by atoms with Crippen LogP contribution in [-0.4, -0.2) is 29.9 Å². The number of benzene rings is 3. The molecule has 2 amide bonds. The first-order valence-electron chi connectivity index (χ1n) is 11.1. The number of nitrogens with zero attached hydrogens (tertiary/aromatic N) is 1. The molecule has 37 heavy (non-hydrogen) atoms. The van der Waals surface area contributed by atoms with E-state index in [-0.39, 0.29) is 18.4 Å². The van der Waals surface area contributed by atoms with E-state index in [1.54, 1.807) is 30.3 Å². The van der Waals surface area contributed by atoms with Crippen molar-refractivity contribution in [3.05, 3.63) is 86.5 Å². The highest BCUT2D eigenvalue weighted by molar-refractivity contribution is 9.10. The van der Waals surface area contributed by atoms with Gasteiger partial charge in [0.2, 0.25) is 0 Å². The fraction of sp³-hybridized carbons (Fsp3) is 0.148. The van der Waals surface area contributed by atoms with Crippen molar-refractivity contribution in [1.29, 1.82) is 0 Å². The second kappa shape index (κ2) is 11.5. The average Bonchev–Trinajstić information content (AvgIpc) is 3.13. The van der Waals surface area contributed by atoms with E-state index < -0.39 is 5.82 Å². The number of methoxy groups -OCH3 is 1. The van der Waals surface area contributed by atoms with E-state index in [1.807, 2.05) is 26.0 Å². The van der Waals surface area contributed by atoms with Crippen LogP contribution in [0.4, 0.5) is 15.8 Å². The fourth-order valence-electron chi connectivity index (χ4n) is 3.56. The highest BCUT2D eigenvalue weighted by atomic mass is 79.9. The predicted molar refractivity (Wildman–Crippen MR) is 153 cm³/mol. The maximum absolute atomic E-state index is 13.7. The van der Waals surface area contributed by atoms with Gasteiger partial charge in [0, 0.05) is 4.47 Å². The number of carbonyl (C=O) groups is 2. The number of halogens is 2. The molecule has 0 saturated carbocycles. The van der Waals surface area contributed by atoms with E-state index >= 15 is 0 Å². The Morgan fingerprint density at radius 2 is 1.89 bits per heavy atom. The van der Waals surface area contributed by atoms with Crippen molar-refractivity contribution in [2.24, 2.45) is 0 Å². The van der Waals surface area contributed by atoms with Gasteiger partial charge < -0.3 is 14.8 Å². The van der Waals surface area contributed by atoms with Crippen molar-refractivity contribution in [3.63, 3.8) is 0 Å². The summed E-state index contributed by atoms with van der Waals surface area (Å²) in [5, 5.41) is 2.83. The number of rotatable bonds is 7. The van der Waals surface area contributed by atoms with Gasteiger partial charge in [0.15, 0.2) is 22.4 Å². The van der Waals surface area contributed by atoms with Crippen molar-refractivity contribution in [1.82, 2.24) is 0 Å². The number of hydrogen-bond acceptors (Lipinski definition) is 6. The topological polar surface area (TPSA) is 67.9 Å². The van der Waals surface area contributed by atoms with E-state index in [9.17, 15) is 14.0 Å². The summed E-state index contributed by atoms with van der Waals surface area (Å²) in [6, 6.07) is 14.7. The van der Waals surface area contributed by atoms with Crippen LogP contribution in [-0.2, 0) is 9.59 Å². The second-order valence-corrected chi connectivity index (χ2v) is 10.7. The lowest BCUT2D eigenvalue weighted by Crippen LogP contribution is -2.27. The minimum Gasteiger partial charge on any atom is -0.493 e. The highest BCUT2D eigenvalue weighted by Gasteiger charge is 2.33. The van der Waals surface area contributed by atoms with E-state index in [4.69, 9.17) is 21.7 Å². The summed E-state index contributed by atoms with van der Waals surface area (Å²) < 4.78 is 25.9. The van der Waals surface area contributed by atoms with Crippen molar-refractivity contribution in [2.45, 2.75) is 13.8 Å². The minimum atomic E-state index is -0.453. The molecular formula is C27H22BrFN2O4S2. The molecule has 0 bridgehead atoms. The number of thioether (sulfide) groups is 1. The Morgan fingerprint density at radius 1 is 1.14 bits per heavy atom. The van der Waals surface area contributed by atoms with Crippen molar-refractivity contribution in [3.8, 4) is 11.5 Å². The number of thiocarbonyl (C=S) groups is 1. The van der Waals surface area contributed by atoms with Gasteiger partial charge in [0.25, 0.3) is 11.8 Å². The maximum Gasteiger partial charge on any atom is 0.270 e. The summed E-state index contributed by atoms with van der Waals surface area (Å²) in [5.74, 6) is -0.341. The summed E-state index contributed by atoms with van der Waals surface area (Å²) in [7, 11) is 1.49. The summed E-state index contributed by atoms with van der Waals surface area (Å²) >= 11 is 9.95. The quantitative estimate of drug-likeness (QED) is 0.242. The number of anilines is 2. The summed E-state index contributed by atoms with van der Waals surface area (Å²) in [6.45, 7) is 3.75. The highest BCUT2D eigenvalue weighted by Crippen LogP contribution is 2.37. The van der Waals surface area contributed by atoms with Crippen molar-refractivity contribution >= 4 is 73.5 Å². The Bertz CT molecular complexity index is 1440. The first-order valence-corrected chi connectivity index (χ1v) is 13.1. The van der Waals surface area contributed by atoms with Crippen LogP contribution in [0.25, 0.3) is 6.08 Å². The Hall–Kier alpha value is -3.21. The molecule has 3 aromatic rings. The number of ether oxygens (including phenoxy) is 2. The first kappa shape index (κ1) is 26.8. The lowest BCUT2D eigenvalue weighted by atomic mass is 10.1. The lowest BCUT2D eigenvalue weighted by Gasteiger charge is -2.14. The van der Waals surface area contributed by atoms with Gasteiger partial charge in [-0.2, -0.15) is 0 Å². The molecule has 1 saturated heterocycles. The Balaban J connectivity index is 1.45. The monoisotopic (exact) mass is 600 g/mol. The van der Waals surface area contributed by atoms with Crippen LogP contribution in [0.3, 0.4) is 0 Å². The average molecular weight is 602 g/mol. The third-order valence-corrected chi connectivity index (χ3v) is 7.52. The van der Waals surface area contributed by atoms with Gasteiger partial charge in [-0.25, -0.2) is 4.39 Å². The minimum absolute atomic E-state index is 0.221. The Morgan fingerprint density at radius 3 is 2.62 bits per heavy atom. The van der Waals surface area contributed by atoms with Gasteiger partial charge in [0.1, 0.15) is 5.82 Å². The Kier molecular flexibility index (Phi) is 8.31. The first-order chi connectivity index (χ1) is 17.7. The molecule has 0 aromatic heterocycles. The van der Waals surface area contributed by atoms with Crippen LogP contribution in [0, 0.1) is 19.7 Å². The van der Waals surface area contributed by atoms with E-state index in [1.165, 1.54) is 30.2 Å². The van der Waals surface area contributed by atoms with Gasteiger partial charge in [-0.15, -0.1) is 0 Å². The van der Waals surface area contributed by atoms with Crippen LogP contribution >= 0.6 is 39.9 Å². The van der Waals surface area contributed by atoms with Gasteiger partial charge in [0.05, 0.1) is 23.4 Å². The summed E-state index contributed by atoms with van der Waals surface area (Å²) in [6.07, 6.45) is 1.68. The molecule has 4 rings (SSSR count). The molecule has 0 radical (unpaired) electrons. The number of carbonyl (C=O) groups excluding carboxylic acids is 2. The summed E-state index contributed by atoms with van der Waals surface area (Å²) in [4.78, 5) is 27.1.